The number of aromatic nitrogens is 3. The van der Waals surface area contributed by atoms with E-state index >= 15 is 0 Å². The summed E-state index contributed by atoms with van der Waals surface area (Å²) in [5.41, 5.74) is 3.94. The van der Waals surface area contributed by atoms with Crippen molar-refractivity contribution in [1.82, 2.24) is 14.7 Å². The molecule has 0 saturated heterocycles. The molecule has 0 N–H and O–H groups in total. The van der Waals surface area contributed by atoms with Crippen LogP contribution in [0.2, 0.25) is 0 Å². The van der Waals surface area contributed by atoms with Gasteiger partial charge in [-0.3, -0.25) is 0 Å². The minimum absolute atomic E-state index is 0.604. The molecule has 0 bridgehead atoms. The van der Waals surface area contributed by atoms with Crippen molar-refractivity contribution < 1.29 is 9.57 Å². The standard InChI is InChI=1S/C15H15N3O2/c1-10-17-13-6-4-11(8-14(13)18(10)20-3)12-5-7-15(19-2)16-9-12/h4-9H,1-3H3. The maximum atomic E-state index is 5.34. The van der Waals surface area contributed by atoms with Gasteiger partial charge >= 0.3 is 0 Å². The first-order valence-electron chi connectivity index (χ1n) is 6.27. The second kappa shape index (κ2) is 4.85. The van der Waals surface area contributed by atoms with Gasteiger partial charge in [0.2, 0.25) is 5.88 Å². The molecule has 2 aromatic heterocycles. The van der Waals surface area contributed by atoms with Gasteiger partial charge in [0.15, 0.2) is 0 Å². The summed E-state index contributed by atoms with van der Waals surface area (Å²) in [6, 6.07) is 9.88. The SMILES string of the molecule is COc1ccc(-c2ccc3nc(C)n(OC)c3c2)cn1. The van der Waals surface area contributed by atoms with Crippen molar-refractivity contribution in [3.63, 3.8) is 0 Å². The fourth-order valence-electron chi connectivity index (χ4n) is 2.26. The number of hydrogen-bond acceptors (Lipinski definition) is 4. The summed E-state index contributed by atoms with van der Waals surface area (Å²) in [4.78, 5) is 14.0. The average molecular weight is 269 g/mol. The number of ether oxygens (including phenoxy) is 1. The van der Waals surface area contributed by atoms with E-state index in [4.69, 9.17) is 9.57 Å². The molecule has 20 heavy (non-hydrogen) atoms. The first-order valence-corrected chi connectivity index (χ1v) is 6.27. The number of pyridine rings is 1. The lowest BCUT2D eigenvalue weighted by Gasteiger charge is -2.06. The molecule has 5 heteroatoms. The second-order valence-electron chi connectivity index (χ2n) is 4.43. The van der Waals surface area contributed by atoms with Crippen LogP contribution in [0.5, 0.6) is 5.88 Å². The van der Waals surface area contributed by atoms with E-state index in [1.165, 1.54) is 0 Å². The molecule has 5 nitrogen and oxygen atoms in total. The highest BCUT2D eigenvalue weighted by Crippen LogP contribution is 2.25. The molecule has 3 aromatic rings. The van der Waals surface area contributed by atoms with E-state index in [2.05, 4.69) is 9.97 Å². The molecule has 0 spiro atoms. The van der Waals surface area contributed by atoms with Crippen LogP contribution in [0.3, 0.4) is 0 Å². The van der Waals surface area contributed by atoms with Gasteiger partial charge in [-0.05, 0) is 30.7 Å². The lowest BCUT2D eigenvalue weighted by Crippen LogP contribution is -2.07. The average Bonchev–Trinajstić information content (AvgIpc) is 2.81. The zero-order valence-corrected chi connectivity index (χ0v) is 11.6. The quantitative estimate of drug-likeness (QED) is 0.733. The smallest absolute Gasteiger partial charge is 0.212 e. The van der Waals surface area contributed by atoms with E-state index in [1.54, 1.807) is 25.1 Å². The van der Waals surface area contributed by atoms with Crippen LogP contribution in [0, 0.1) is 6.92 Å². The lowest BCUT2D eigenvalue weighted by molar-refractivity contribution is 0.171. The van der Waals surface area contributed by atoms with Crippen LogP contribution < -0.4 is 9.57 Å². The first kappa shape index (κ1) is 12.5. The molecule has 0 aliphatic rings. The maximum absolute atomic E-state index is 5.34. The maximum Gasteiger partial charge on any atom is 0.212 e. The zero-order valence-electron chi connectivity index (χ0n) is 11.6. The molecule has 102 valence electrons. The largest absolute Gasteiger partial charge is 0.481 e. The monoisotopic (exact) mass is 269 g/mol. The van der Waals surface area contributed by atoms with E-state index in [-0.39, 0.29) is 0 Å². The highest BCUT2D eigenvalue weighted by molar-refractivity contribution is 5.82. The second-order valence-corrected chi connectivity index (χ2v) is 4.43. The van der Waals surface area contributed by atoms with Gasteiger partial charge in [0.1, 0.15) is 18.5 Å². The molecule has 3 rings (SSSR count). The molecular weight excluding hydrogens is 254 g/mol. The van der Waals surface area contributed by atoms with Crippen molar-refractivity contribution in [2.24, 2.45) is 0 Å². The Bertz CT molecular complexity index is 748. The summed E-state index contributed by atoms with van der Waals surface area (Å²) in [5, 5.41) is 0. The van der Waals surface area contributed by atoms with Crippen LogP contribution in [0.25, 0.3) is 22.2 Å². The molecule has 0 unspecified atom stereocenters. The molecule has 1 aromatic carbocycles. The van der Waals surface area contributed by atoms with Gasteiger partial charge in [-0.2, -0.15) is 4.73 Å². The Morgan fingerprint density at radius 2 is 1.85 bits per heavy atom. The van der Waals surface area contributed by atoms with Gasteiger partial charge in [0.05, 0.1) is 12.6 Å². The Morgan fingerprint density at radius 3 is 2.50 bits per heavy atom. The fourth-order valence-corrected chi connectivity index (χ4v) is 2.26. The van der Waals surface area contributed by atoms with E-state index in [9.17, 15) is 0 Å². The fraction of sp³-hybridized carbons (Fsp3) is 0.200. The Balaban J connectivity index is 2.11. The Labute approximate surface area is 116 Å². The number of methoxy groups -OCH3 is 1. The van der Waals surface area contributed by atoms with Crippen LogP contribution in [0.1, 0.15) is 5.82 Å². The van der Waals surface area contributed by atoms with Crippen LogP contribution in [0.4, 0.5) is 0 Å². The van der Waals surface area contributed by atoms with Crippen molar-refractivity contribution in [3.05, 3.63) is 42.4 Å². The highest BCUT2D eigenvalue weighted by Gasteiger charge is 2.09. The Kier molecular flexibility index (Phi) is 3.02. The number of aryl methyl sites for hydroxylation is 1. The number of rotatable bonds is 3. The van der Waals surface area contributed by atoms with Crippen molar-refractivity contribution in [1.29, 1.82) is 0 Å². The molecule has 0 fully saturated rings. The molecule has 0 aliphatic carbocycles. The zero-order chi connectivity index (χ0) is 14.1. The van der Waals surface area contributed by atoms with Crippen molar-refractivity contribution in [3.8, 4) is 17.0 Å². The van der Waals surface area contributed by atoms with Crippen LogP contribution in [0.15, 0.2) is 36.5 Å². The number of imidazole rings is 1. The van der Waals surface area contributed by atoms with E-state index in [0.717, 1.165) is 28.0 Å². The van der Waals surface area contributed by atoms with Crippen LogP contribution in [-0.2, 0) is 0 Å². The first-order chi connectivity index (χ1) is 9.72. The third-order valence-electron chi connectivity index (χ3n) is 3.23. The molecule has 0 saturated carbocycles. The minimum atomic E-state index is 0.604. The summed E-state index contributed by atoms with van der Waals surface area (Å²) in [6.07, 6.45) is 1.79. The minimum Gasteiger partial charge on any atom is -0.481 e. The van der Waals surface area contributed by atoms with Crippen LogP contribution in [-0.4, -0.2) is 28.9 Å². The van der Waals surface area contributed by atoms with Crippen molar-refractivity contribution in [2.45, 2.75) is 6.92 Å². The van der Waals surface area contributed by atoms with Crippen LogP contribution >= 0.6 is 0 Å². The summed E-state index contributed by atoms with van der Waals surface area (Å²) in [6.45, 7) is 1.91. The van der Waals surface area contributed by atoms with Gasteiger partial charge in [-0.25, -0.2) is 9.97 Å². The number of fused-ring (bicyclic) bond motifs is 1. The van der Waals surface area contributed by atoms with Gasteiger partial charge in [-0.1, -0.05) is 6.07 Å². The molecule has 0 aliphatic heterocycles. The summed E-state index contributed by atoms with van der Waals surface area (Å²) in [7, 11) is 3.24. The summed E-state index contributed by atoms with van der Waals surface area (Å²) < 4.78 is 6.79. The van der Waals surface area contributed by atoms with Gasteiger partial charge < -0.3 is 9.57 Å². The summed E-state index contributed by atoms with van der Waals surface area (Å²) >= 11 is 0. The molecule has 0 atom stereocenters. The third-order valence-corrected chi connectivity index (χ3v) is 3.23. The van der Waals surface area contributed by atoms with Gasteiger partial charge in [0, 0.05) is 17.8 Å². The Morgan fingerprint density at radius 1 is 1.05 bits per heavy atom. The molecule has 2 heterocycles. The molecule has 0 radical (unpaired) electrons. The number of hydrogen-bond donors (Lipinski definition) is 0. The summed E-state index contributed by atoms with van der Waals surface area (Å²) in [5.74, 6) is 1.43. The van der Waals surface area contributed by atoms with Gasteiger partial charge in [-0.15, -0.1) is 0 Å². The highest BCUT2D eigenvalue weighted by atomic mass is 16.6. The molecule has 0 amide bonds. The Hall–Kier alpha value is -2.56. The predicted octanol–water partition coefficient (Wildman–Crippen LogP) is 2.47. The topological polar surface area (TPSA) is 49.2 Å². The van der Waals surface area contributed by atoms with E-state index < -0.39 is 0 Å². The lowest BCUT2D eigenvalue weighted by atomic mass is 10.1. The van der Waals surface area contributed by atoms with Crippen molar-refractivity contribution in [2.75, 3.05) is 14.2 Å². The predicted molar refractivity (Wildman–Crippen MR) is 76.8 cm³/mol. The van der Waals surface area contributed by atoms with Gasteiger partial charge in [0.25, 0.3) is 0 Å². The molecular formula is C15H15N3O2. The normalized spacial score (nSPS) is 10.8. The van der Waals surface area contributed by atoms with E-state index in [1.807, 2.05) is 37.3 Å². The van der Waals surface area contributed by atoms with Crippen molar-refractivity contribution >= 4 is 11.0 Å². The number of nitrogens with zero attached hydrogens (tertiary/aromatic N) is 3. The van der Waals surface area contributed by atoms with E-state index in [0.29, 0.717) is 5.88 Å². The number of benzene rings is 1. The third kappa shape index (κ3) is 1.97.